The summed E-state index contributed by atoms with van der Waals surface area (Å²) in [6.07, 6.45) is 6.95. The first kappa shape index (κ1) is 12.2. The molecule has 1 aromatic rings. The molecule has 1 fully saturated rings. The lowest BCUT2D eigenvalue weighted by Gasteiger charge is -2.08. The van der Waals surface area contributed by atoms with Gasteiger partial charge in [-0.3, -0.25) is 9.78 Å². The Labute approximate surface area is 102 Å². The molecule has 1 aliphatic heterocycles. The monoisotopic (exact) mass is 233 g/mol. The van der Waals surface area contributed by atoms with Gasteiger partial charge in [-0.05, 0) is 44.7 Å². The molecule has 2 rings (SSSR count). The maximum absolute atomic E-state index is 12.0. The molecule has 0 N–H and O–H groups in total. The first-order valence-electron chi connectivity index (χ1n) is 6.34. The highest BCUT2D eigenvalue weighted by Crippen LogP contribution is 2.18. The molecule has 0 saturated carbocycles. The van der Waals surface area contributed by atoms with E-state index in [4.69, 9.17) is 4.74 Å². The fraction of sp³-hybridized carbons (Fsp3) is 0.571. The normalized spacial score (nSPS) is 19.5. The van der Waals surface area contributed by atoms with Gasteiger partial charge in [0.2, 0.25) is 0 Å². The van der Waals surface area contributed by atoms with Crippen LogP contribution in [0.1, 0.15) is 48.2 Å². The minimum absolute atomic E-state index is 0.202. The number of ether oxygens (including phenoxy) is 1. The number of aromatic nitrogens is 1. The summed E-state index contributed by atoms with van der Waals surface area (Å²) >= 11 is 0. The largest absolute Gasteiger partial charge is 0.378 e. The molecule has 1 aromatic heterocycles. The van der Waals surface area contributed by atoms with Crippen molar-refractivity contribution in [3.8, 4) is 0 Å². The Kier molecular flexibility index (Phi) is 4.26. The van der Waals surface area contributed by atoms with Crippen LogP contribution in [0.5, 0.6) is 0 Å². The smallest absolute Gasteiger partial charge is 0.164 e. The van der Waals surface area contributed by atoms with Crippen LogP contribution in [0.25, 0.3) is 0 Å². The Morgan fingerprint density at radius 3 is 3.18 bits per heavy atom. The third kappa shape index (κ3) is 3.37. The molecule has 0 radical (unpaired) electrons. The average molecular weight is 233 g/mol. The Hall–Kier alpha value is -1.22. The zero-order valence-corrected chi connectivity index (χ0v) is 10.3. The van der Waals surface area contributed by atoms with E-state index in [1.165, 1.54) is 6.42 Å². The summed E-state index contributed by atoms with van der Waals surface area (Å²) in [7, 11) is 0. The van der Waals surface area contributed by atoms with Crippen LogP contribution >= 0.6 is 0 Å². The Balaban J connectivity index is 1.79. The van der Waals surface area contributed by atoms with E-state index in [-0.39, 0.29) is 5.78 Å². The summed E-state index contributed by atoms with van der Waals surface area (Å²) < 4.78 is 5.54. The average Bonchev–Trinajstić information content (AvgIpc) is 2.82. The van der Waals surface area contributed by atoms with E-state index in [0.717, 1.165) is 37.1 Å². The van der Waals surface area contributed by atoms with Crippen LogP contribution in [0.2, 0.25) is 0 Å². The maximum atomic E-state index is 12.0. The van der Waals surface area contributed by atoms with Crippen molar-refractivity contribution in [1.82, 2.24) is 4.98 Å². The van der Waals surface area contributed by atoms with Gasteiger partial charge in [-0.1, -0.05) is 0 Å². The first-order chi connectivity index (χ1) is 8.27. The third-order valence-electron chi connectivity index (χ3n) is 3.26. The highest BCUT2D eigenvalue weighted by molar-refractivity contribution is 5.96. The second-order valence-electron chi connectivity index (χ2n) is 4.59. The number of rotatable bonds is 5. The SMILES string of the molecule is Cc1ncccc1C(=O)CCCC1CCCO1. The Bertz CT molecular complexity index is 384. The van der Waals surface area contributed by atoms with Crippen LogP contribution in [0, 0.1) is 6.92 Å². The molecule has 2 heterocycles. The van der Waals surface area contributed by atoms with Crippen molar-refractivity contribution >= 4 is 5.78 Å². The molecule has 0 aromatic carbocycles. The summed E-state index contributed by atoms with van der Waals surface area (Å²) in [5.74, 6) is 0.202. The molecule has 1 saturated heterocycles. The van der Waals surface area contributed by atoms with Gasteiger partial charge in [0.15, 0.2) is 5.78 Å². The third-order valence-corrected chi connectivity index (χ3v) is 3.26. The van der Waals surface area contributed by atoms with Gasteiger partial charge in [-0.25, -0.2) is 0 Å². The molecular formula is C14H19NO2. The van der Waals surface area contributed by atoms with Gasteiger partial charge in [0.25, 0.3) is 0 Å². The molecule has 1 aliphatic rings. The van der Waals surface area contributed by atoms with Gasteiger partial charge < -0.3 is 4.74 Å². The van der Waals surface area contributed by atoms with Crippen molar-refractivity contribution in [2.24, 2.45) is 0 Å². The van der Waals surface area contributed by atoms with Crippen LogP contribution in [0.15, 0.2) is 18.3 Å². The topological polar surface area (TPSA) is 39.2 Å². The van der Waals surface area contributed by atoms with Crippen molar-refractivity contribution in [2.75, 3.05) is 6.61 Å². The van der Waals surface area contributed by atoms with Crippen molar-refractivity contribution < 1.29 is 9.53 Å². The zero-order chi connectivity index (χ0) is 12.1. The standard InChI is InChI=1S/C14H19NO2/c1-11-13(7-3-9-15-11)14(16)8-2-5-12-6-4-10-17-12/h3,7,9,12H,2,4-6,8,10H2,1H3. The number of aryl methyl sites for hydroxylation is 1. The zero-order valence-electron chi connectivity index (χ0n) is 10.3. The van der Waals surface area contributed by atoms with Crippen molar-refractivity contribution in [2.45, 2.75) is 45.1 Å². The van der Waals surface area contributed by atoms with Gasteiger partial charge in [0.05, 0.1) is 6.10 Å². The molecule has 0 spiro atoms. The molecule has 17 heavy (non-hydrogen) atoms. The number of ketones is 1. The molecule has 3 nitrogen and oxygen atoms in total. The van der Waals surface area contributed by atoms with Gasteiger partial charge in [0, 0.05) is 30.5 Å². The number of hydrogen-bond donors (Lipinski definition) is 0. The summed E-state index contributed by atoms with van der Waals surface area (Å²) in [4.78, 5) is 16.1. The minimum Gasteiger partial charge on any atom is -0.378 e. The highest BCUT2D eigenvalue weighted by Gasteiger charge is 2.16. The van der Waals surface area contributed by atoms with Gasteiger partial charge in [0.1, 0.15) is 0 Å². The number of hydrogen-bond acceptors (Lipinski definition) is 3. The summed E-state index contributed by atoms with van der Waals surface area (Å²) in [5.41, 5.74) is 1.59. The predicted molar refractivity (Wildman–Crippen MR) is 66.1 cm³/mol. The minimum atomic E-state index is 0.202. The highest BCUT2D eigenvalue weighted by atomic mass is 16.5. The lowest BCUT2D eigenvalue weighted by atomic mass is 10.0. The molecule has 1 atom stereocenters. The quantitative estimate of drug-likeness (QED) is 0.734. The first-order valence-corrected chi connectivity index (χ1v) is 6.34. The van der Waals surface area contributed by atoms with E-state index in [9.17, 15) is 4.79 Å². The van der Waals surface area contributed by atoms with Gasteiger partial charge >= 0.3 is 0 Å². The fourth-order valence-electron chi connectivity index (χ4n) is 2.28. The Morgan fingerprint density at radius 1 is 1.59 bits per heavy atom. The molecule has 3 heteroatoms. The molecule has 0 bridgehead atoms. The molecule has 1 unspecified atom stereocenters. The van der Waals surface area contributed by atoms with E-state index in [0.29, 0.717) is 12.5 Å². The second-order valence-corrected chi connectivity index (χ2v) is 4.59. The van der Waals surface area contributed by atoms with Crippen molar-refractivity contribution in [1.29, 1.82) is 0 Å². The van der Waals surface area contributed by atoms with E-state index in [1.807, 2.05) is 19.1 Å². The van der Waals surface area contributed by atoms with Crippen LogP contribution in [0.3, 0.4) is 0 Å². The van der Waals surface area contributed by atoms with Crippen LogP contribution < -0.4 is 0 Å². The van der Waals surface area contributed by atoms with Crippen molar-refractivity contribution in [3.05, 3.63) is 29.6 Å². The maximum Gasteiger partial charge on any atom is 0.164 e. The van der Waals surface area contributed by atoms with Gasteiger partial charge in [-0.2, -0.15) is 0 Å². The summed E-state index contributed by atoms with van der Waals surface area (Å²) in [6, 6.07) is 3.68. The fourth-order valence-corrected chi connectivity index (χ4v) is 2.28. The van der Waals surface area contributed by atoms with Crippen LogP contribution in [-0.2, 0) is 4.74 Å². The molecular weight excluding hydrogens is 214 g/mol. The summed E-state index contributed by atoms with van der Waals surface area (Å²) in [5, 5.41) is 0. The lowest BCUT2D eigenvalue weighted by Crippen LogP contribution is -2.07. The van der Waals surface area contributed by atoms with E-state index in [1.54, 1.807) is 6.20 Å². The number of pyridine rings is 1. The van der Waals surface area contributed by atoms with Crippen molar-refractivity contribution in [3.63, 3.8) is 0 Å². The second kappa shape index (κ2) is 5.92. The van der Waals surface area contributed by atoms with Crippen LogP contribution in [-0.4, -0.2) is 23.5 Å². The summed E-state index contributed by atoms with van der Waals surface area (Å²) in [6.45, 7) is 2.77. The number of carbonyl (C=O) groups excluding carboxylic acids is 1. The van der Waals surface area contributed by atoms with E-state index < -0.39 is 0 Å². The van der Waals surface area contributed by atoms with Crippen LogP contribution in [0.4, 0.5) is 0 Å². The number of Topliss-reactive ketones (excluding diaryl/α,β-unsaturated/α-hetero) is 1. The Morgan fingerprint density at radius 2 is 2.47 bits per heavy atom. The molecule has 0 amide bonds. The molecule has 92 valence electrons. The van der Waals surface area contributed by atoms with Gasteiger partial charge in [-0.15, -0.1) is 0 Å². The lowest BCUT2D eigenvalue weighted by molar-refractivity contribution is 0.0922. The molecule has 0 aliphatic carbocycles. The number of carbonyl (C=O) groups is 1. The predicted octanol–water partition coefficient (Wildman–Crippen LogP) is 2.92. The van der Waals surface area contributed by atoms with E-state index in [2.05, 4.69) is 4.98 Å². The number of nitrogens with zero attached hydrogens (tertiary/aromatic N) is 1. The van der Waals surface area contributed by atoms with E-state index >= 15 is 0 Å².